The first-order chi connectivity index (χ1) is 16.0. The number of hydrogen-bond donors (Lipinski definition) is 0. The largest absolute Gasteiger partial charge is 0.466 e. The van der Waals surface area contributed by atoms with Crippen LogP contribution in [0.15, 0.2) is 48.6 Å². The van der Waals surface area contributed by atoms with Crippen molar-refractivity contribution in [1.82, 2.24) is 0 Å². The van der Waals surface area contributed by atoms with Gasteiger partial charge < -0.3 is 4.74 Å². The maximum atomic E-state index is 13.2. The first-order valence-electron chi connectivity index (χ1n) is 10.7. The third-order valence-corrected chi connectivity index (χ3v) is 6.46. The van der Waals surface area contributed by atoms with E-state index in [9.17, 15) is 22.8 Å². The molecule has 0 aliphatic heterocycles. The number of aryl methyl sites for hydroxylation is 1. The van der Waals surface area contributed by atoms with Gasteiger partial charge >= 0.3 is 12.1 Å². The molecule has 0 fully saturated rings. The lowest BCUT2D eigenvalue weighted by Gasteiger charge is -2.08. The molecule has 0 aliphatic rings. The molecule has 0 N–H and O–H groups in total. The molecule has 0 saturated heterocycles. The topological polar surface area (TPSA) is 43.4 Å². The Kier molecular flexibility index (Phi) is 7.77. The zero-order valence-electron chi connectivity index (χ0n) is 19.3. The van der Waals surface area contributed by atoms with Gasteiger partial charge in [-0.2, -0.15) is 13.2 Å². The summed E-state index contributed by atoms with van der Waals surface area (Å²) in [7, 11) is 1.30. The van der Waals surface area contributed by atoms with Crippen LogP contribution in [-0.2, 0) is 22.1 Å². The monoisotopic (exact) mass is 486 g/mol. The highest BCUT2D eigenvalue weighted by molar-refractivity contribution is 7.20. The van der Waals surface area contributed by atoms with Crippen molar-refractivity contribution in [2.24, 2.45) is 5.92 Å². The number of fused-ring (bicyclic) bond motifs is 1. The summed E-state index contributed by atoms with van der Waals surface area (Å²) in [5.74, 6) is -0.378. The predicted octanol–water partition coefficient (Wildman–Crippen LogP) is 7.51. The van der Waals surface area contributed by atoms with Crippen molar-refractivity contribution in [3.63, 3.8) is 0 Å². The maximum absolute atomic E-state index is 13.2. The van der Waals surface area contributed by atoms with Crippen LogP contribution >= 0.6 is 11.3 Å². The molecular weight excluding hydrogens is 461 g/mol. The number of ether oxygens (including phenoxy) is 1. The minimum absolute atomic E-state index is 0.212. The highest BCUT2D eigenvalue weighted by Gasteiger charge is 2.31. The number of halogens is 3. The highest BCUT2D eigenvalue weighted by Crippen LogP contribution is 2.38. The van der Waals surface area contributed by atoms with Gasteiger partial charge in [0.15, 0.2) is 5.78 Å². The number of methoxy groups -OCH3 is 1. The minimum Gasteiger partial charge on any atom is -0.466 e. The standard InChI is InChI=1S/C27H25F3O3S/c1-16(2)13-22-21-9-8-20(27(28,29)30)15-25(21)34-24(22)11-10-23(31)19-6-5-18(17(3)14-19)7-12-26(32)33-4/h5-12,14-16H,13H2,1-4H3. The Balaban J connectivity index is 1.91. The minimum atomic E-state index is -4.40. The van der Waals surface area contributed by atoms with Crippen molar-refractivity contribution in [3.05, 3.63) is 81.2 Å². The molecule has 3 nitrogen and oxygen atoms in total. The van der Waals surface area contributed by atoms with E-state index >= 15 is 0 Å². The summed E-state index contributed by atoms with van der Waals surface area (Å²) in [6.45, 7) is 5.93. The lowest BCUT2D eigenvalue weighted by molar-refractivity contribution is -0.137. The Morgan fingerprint density at radius 1 is 1.06 bits per heavy atom. The van der Waals surface area contributed by atoms with E-state index in [-0.39, 0.29) is 5.78 Å². The molecule has 0 atom stereocenters. The smallest absolute Gasteiger partial charge is 0.416 e. The Labute approximate surface area is 200 Å². The van der Waals surface area contributed by atoms with E-state index in [0.29, 0.717) is 22.6 Å². The van der Waals surface area contributed by atoms with Crippen LogP contribution in [0.4, 0.5) is 13.2 Å². The van der Waals surface area contributed by atoms with Crippen LogP contribution in [0.5, 0.6) is 0 Å². The Morgan fingerprint density at radius 2 is 1.79 bits per heavy atom. The number of benzene rings is 2. The summed E-state index contributed by atoms with van der Waals surface area (Å²) in [5, 5.41) is 0.788. The molecule has 3 rings (SSSR count). The number of thiophene rings is 1. The van der Waals surface area contributed by atoms with Crippen LogP contribution < -0.4 is 0 Å². The number of hydrogen-bond acceptors (Lipinski definition) is 4. The SMILES string of the molecule is COC(=O)C=Cc1ccc(C(=O)C=Cc2sc3cc(C(F)(F)F)ccc3c2CC(C)C)cc1C. The average molecular weight is 487 g/mol. The van der Waals surface area contributed by atoms with Gasteiger partial charge in [0.2, 0.25) is 0 Å². The molecule has 0 radical (unpaired) electrons. The van der Waals surface area contributed by atoms with Gasteiger partial charge in [-0.25, -0.2) is 4.79 Å². The van der Waals surface area contributed by atoms with Crippen LogP contribution in [0.1, 0.15) is 51.3 Å². The van der Waals surface area contributed by atoms with E-state index in [1.54, 1.807) is 30.4 Å². The van der Waals surface area contributed by atoms with Gasteiger partial charge in [0, 0.05) is 21.2 Å². The molecule has 1 aromatic heterocycles. The molecule has 0 saturated carbocycles. The van der Waals surface area contributed by atoms with E-state index in [0.717, 1.165) is 33.0 Å². The number of esters is 1. The molecule has 1 heterocycles. The summed E-state index contributed by atoms with van der Waals surface area (Å²) in [4.78, 5) is 24.9. The first kappa shape index (κ1) is 25.4. The Morgan fingerprint density at radius 3 is 2.41 bits per heavy atom. The molecular formula is C27H25F3O3S. The zero-order valence-corrected chi connectivity index (χ0v) is 20.1. The van der Waals surface area contributed by atoms with E-state index in [1.165, 1.54) is 42.7 Å². The first-order valence-corrected chi connectivity index (χ1v) is 11.5. The second-order valence-electron chi connectivity index (χ2n) is 8.38. The summed E-state index contributed by atoms with van der Waals surface area (Å²) >= 11 is 1.26. The van der Waals surface area contributed by atoms with E-state index in [2.05, 4.69) is 4.74 Å². The second-order valence-corrected chi connectivity index (χ2v) is 9.46. The third kappa shape index (κ3) is 6.03. The van der Waals surface area contributed by atoms with Gasteiger partial charge in [-0.3, -0.25) is 4.79 Å². The number of carbonyl (C=O) groups is 2. The highest BCUT2D eigenvalue weighted by atomic mass is 32.1. The number of rotatable bonds is 7. The number of alkyl halides is 3. The van der Waals surface area contributed by atoms with Crippen LogP contribution in [0.3, 0.4) is 0 Å². The van der Waals surface area contributed by atoms with Gasteiger partial charge in [-0.05, 0) is 77.8 Å². The Hall–Kier alpha value is -3.19. The lowest BCUT2D eigenvalue weighted by atomic mass is 9.98. The van der Waals surface area contributed by atoms with Gasteiger partial charge in [0.05, 0.1) is 12.7 Å². The lowest BCUT2D eigenvalue weighted by Crippen LogP contribution is -2.04. The number of ketones is 1. The second kappa shape index (κ2) is 10.4. The third-order valence-electron chi connectivity index (χ3n) is 5.30. The van der Waals surface area contributed by atoms with Crippen molar-refractivity contribution in [2.75, 3.05) is 7.11 Å². The van der Waals surface area contributed by atoms with E-state index in [1.807, 2.05) is 20.8 Å². The van der Waals surface area contributed by atoms with Gasteiger partial charge in [-0.1, -0.05) is 32.0 Å². The number of carbonyl (C=O) groups excluding carboxylic acids is 2. The molecule has 0 amide bonds. The van der Waals surface area contributed by atoms with E-state index in [4.69, 9.17) is 0 Å². The molecule has 0 aliphatic carbocycles. The van der Waals surface area contributed by atoms with Gasteiger partial charge in [-0.15, -0.1) is 11.3 Å². The predicted molar refractivity (Wildman–Crippen MR) is 131 cm³/mol. The number of allylic oxidation sites excluding steroid dienone is 1. The van der Waals surface area contributed by atoms with Crippen molar-refractivity contribution in [3.8, 4) is 0 Å². The van der Waals surface area contributed by atoms with Gasteiger partial charge in [0.25, 0.3) is 0 Å². The summed E-state index contributed by atoms with van der Waals surface area (Å²) < 4.78 is 44.6. The molecule has 0 bridgehead atoms. The summed E-state index contributed by atoms with van der Waals surface area (Å²) in [6.07, 6.45) is 2.37. The van der Waals surface area contributed by atoms with Crippen molar-refractivity contribution in [2.45, 2.75) is 33.4 Å². The Bertz CT molecular complexity index is 1280. The quantitative estimate of drug-likeness (QED) is 0.197. The fourth-order valence-electron chi connectivity index (χ4n) is 3.59. The molecule has 3 aromatic rings. The van der Waals surface area contributed by atoms with Crippen LogP contribution in [-0.4, -0.2) is 18.9 Å². The molecule has 2 aromatic carbocycles. The van der Waals surface area contributed by atoms with Crippen molar-refractivity contribution in [1.29, 1.82) is 0 Å². The summed E-state index contributed by atoms with van der Waals surface area (Å²) in [6, 6.07) is 8.96. The van der Waals surface area contributed by atoms with E-state index < -0.39 is 17.7 Å². The average Bonchev–Trinajstić information content (AvgIpc) is 3.11. The van der Waals surface area contributed by atoms with Crippen LogP contribution in [0.2, 0.25) is 0 Å². The van der Waals surface area contributed by atoms with Crippen LogP contribution in [0.25, 0.3) is 22.2 Å². The fraction of sp³-hybridized carbons (Fsp3) is 0.259. The molecule has 0 unspecified atom stereocenters. The fourth-order valence-corrected chi connectivity index (χ4v) is 4.76. The normalized spacial score (nSPS) is 12.4. The summed E-state index contributed by atoms with van der Waals surface area (Å²) in [5.41, 5.74) is 2.36. The molecule has 34 heavy (non-hydrogen) atoms. The zero-order chi connectivity index (χ0) is 25.0. The molecule has 0 spiro atoms. The molecule has 7 heteroatoms. The van der Waals surface area contributed by atoms with Crippen molar-refractivity contribution < 1.29 is 27.5 Å². The van der Waals surface area contributed by atoms with Gasteiger partial charge in [0.1, 0.15) is 0 Å². The molecule has 178 valence electrons. The van der Waals surface area contributed by atoms with Crippen molar-refractivity contribution >= 4 is 45.3 Å². The van der Waals surface area contributed by atoms with Crippen LogP contribution in [0, 0.1) is 12.8 Å². The maximum Gasteiger partial charge on any atom is 0.416 e.